The molecule has 0 amide bonds. The van der Waals surface area contributed by atoms with Gasteiger partial charge in [0.15, 0.2) is 0 Å². The van der Waals surface area contributed by atoms with Gasteiger partial charge in [-0.1, -0.05) is 48.5 Å². The van der Waals surface area contributed by atoms with Crippen LogP contribution in [0.5, 0.6) is 17.2 Å². The van der Waals surface area contributed by atoms with Gasteiger partial charge in [0.25, 0.3) is 0 Å². The minimum atomic E-state index is -1.00. The average Bonchev–Trinajstić information content (AvgIpc) is 2.74. The SMILES string of the molecule is O=C(O)COC1(c2ccc(OCc3ccccc3Oc3ccccc3)cc2)COC1. The Labute approximate surface area is 174 Å². The van der Waals surface area contributed by atoms with Crippen molar-refractivity contribution in [2.24, 2.45) is 0 Å². The van der Waals surface area contributed by atoms with Gasteiger partial charge in [-0.05, 0) is 35.9 Å². The number of para-hydroxylation sites is 2. The van der Waals surface area contributed by atoms with Crippen molar-refractivity contribution < 1.29 is 28.8 Å². The minimum absolute atomic E-state index is 0.338. The van der Waals surface area contributed by atoms with Gasteiger partial charge in [0.1, 0.15) is 36.1 Å². The lowest BCUT2D eigenvalue weighted by Gasteiger charge is -2.41. The van der Waals surface area contributed by atoms with Crippen LogP contribution in [0.4, 0.5) is 0 Å². The monoisotopic (exact) mass is 406 g/mol. The lowest BCUT2D eigenvalue weighted by Crippen LogP contribution is -2.49. The summed E-state index contributed by atoms with van der Waals surface area (Å²) < 4.78 is 22.7. The van der Waals surface area contributed by atoms with E-state index in [0.717, 1.165) is 22.6 Å². The van der Waals surface area contributed by atoms with Crippen LogP contribution in [0.3, 0.4) is 0 Å². The Morgan fingerprint density at radius 2 is 1.60 bits per heavy atom. The molecule has 6 nitrogen and oxygen atoms in total. The first kappa shape index (κ1) is 19.9. The predicted octanol–water partition coefficient (Wildman–Crippen LogP) is 4.38. The largest absolute Gasteiger partial charge is 0.489 e. The number of carboxylic acid groups (broad SMARTS) is 1. The number of hydrogen-bond donors (Lipinski definition) is 1. The third-order valence-corrected chi connectivity index (χ3v) is 4.86. The van der Waals surface area contributed by atoms with E-state index in [-0.39, 0.29) is 6.61 Å². The quantitative estimate of drug-likeness (QED) is 0.568. The standard InChI is InChI=1S/C24H22O6/c25-23(26)15-29-24(16-27-17-24)19-10-12-20(13-11-19)28-14-18-6-4-5-9-22(18)30-21-7-2-1-3-8-21/h1-13H,14-17H2,(H,25,26). The van der Waals surface area contributed by atoms with Crippen molar-refractivity contribution in [2.45, 2.75) is 12.2 Å². The molecular weight excluding hydrogens is 384 g/mol. The van der Waals surface area contributed by atoms with Gasteiger partial charge in [0.2, 0.25) is 0 Å². The van der Waals surface area contributed by atoms with Crippen LogP contribution in [0.15, 0.2) is 78.9 Å². The maximum atomic E-state index is 10.8. The Balaban J connectivity index is 1.41. The Morgan fingerprint density at radius 3 is 2.27 bits per heavy atom. The second-order valence-electron chi connectivity index (χ2n) is 7.01. The first-order valence-electron chi connectivity index (χ1n) is 9.62. The third-order valence-electron chi connectivity index (χ3n) is 4.86. The molecule has 1 aliphatic rings. The van der Waals surface area contributed by atoms with E-state index in [1.807, 2.05) is 78.9 Å². The molecule has 3 aromatic rings. The number of hydrogen-bond acceptors (Lipinski definition) is 5. The highest BCUT2D eigenvalue weighted by Crippen LogP contribution is 2.35. The Kier molecular flexibility index (Phi) is 5.97. The van der Waals surface area contributed by atoms with Crippen LogP contribution in [-0.4, -0.2) is 30.9 Å². The van der Waals surface area contributed by atoms with Crippen LogP contribution in [0.2, 0.25) is 0 Å². The molecule has 1 aliphatic heterocycles. The van der Waals surface area contributed by atoms with Crippen molar-refractivity contribution in [2.75, 3.05) is 19.8 Å². The fraction of sp³-hybridized carbons (Fsp3) is 0.208. The van der Waals surface area contributed by atoms with Gasteiger partial charge in [-0.2, -0.15) is 0 Å². The topological polar surface area (TPSA) is 74.2 Å². The summed E-state index contributed by atoms with van der Waals surface area (Å²) in [5.74, 6) is 1.20. The molecule has 1 N–H and O–H groups in total. The summed E-state index contributed by atoms with van der Waals surface area (Å²) in [5.41, 5.74) is 1.10. The van der Waals surface area contributed by atoms with E-state index < -0.39 is 11.6 Å². The first-order chi connectivity index (χ1) is 14.6. The summed E-state index contributed by atoms with van der Waals surface area (Å²) in [6, 6.07) is 24.8. The van der Waals surface area contributed by atoms with E-state index in [0.29, 0.717) is 25.6 Å². The zero-order valence-corrected chi connectivity index (χ0v) is 16.3. The Bertz CT molecular complexity index is 980. The molecule has 0 atom stereocenters. The summed E-state index contributed by atoms with van der Waals surface area (Å²) in [6.07, 6.45) is 0. The molecule has 154 valence electrons. The average molecular weight is 406 g/mol. The smallest absolute Gasteiger partial charge is 0.329 e. The van der Waals surface area contributed by atoms with Crippen molar-refractivity contribution in [3.8, 4) is 17.2 Å². The van der Waals surface area contributed by atoms with Crippen LogP contribution in [0.1, 0.15) is 11.1 Å². The molecule has 1 saturated heterocycles. The molecule has 3 aromatic carbocycles. The second kappa shape index (κ2) is 8.98. The van der Waals surface area contributed by atoms with E-state index in [1.54, 1.807) is 0 Å². The van der Waals surface area contributed by atoms with Gasteiger partial charge < -0.3 is 24.1 Å². The Hall–Kier alpha value is -3.35. The molecule has 0 saturated carbocycles. The molecule has 1 fully saturated rings. The number of rotatable bonds is 9. The molecule has 6 heteroatoms. The van der Waals surface area contributed by atoms with Crippen molar-refractivity contribution in [1.29, 1.82) is 0 Å². The van der Waals surface area contributed by atoms with Gasteiger partial charge in [-0.25, -0.2) is 4.79 Å². The molecule has 0 aliphatic carbocycles. The van der Waals surface area contributed by atoms with Crippen LogP contribution in [0.25, 0.3) is 0 Å². The predicted molar refractivity (Wildman–Crippen MR) is 110 cm³/mol. The fourth-order valence-electron chi connectivity index (χ4n) is 3.17. The Morgan fingerprint density at radius 1 is 0.900 bits per heavy atom. The van der Waals surface area contributed by atoms with E-state index in [1.165, 1.54) is 0 Å². The van der Waals surface area contributed by atoms with Crippen molar-refractivity contribution in [1.82, 2.24) is 0 Å². The highest BCUT2D eigenvalue weighted by atomic mass is 16.6. The summed E-state index contributed by atoms with van der Waals surface area (Å²) >= 11 is 0. The molecule has 4 rings (SSSR count). The van der Waals surface area contributed by atoms with E-state index in [4.69, 9.17) is 24.1 Å². The van der Waals surface area contributed by atoms with Crippen LogP contribution < -0.4 is 9.47 Å². The number of benzene rings is 3. The normalized spacial score (nSPS) is 14.5. The van der Waals surface area contributed by atoms with Gasteiger partial charge >= 0.3 is 5.97 Å². The van der Waals surface area contributed by atoms with Gasteiger partial charge in [0, 0.05) is 5.56 Å². The number of aliphatic carboxylic acids is 1. The number of ether oxygens (including phenoxy) is 4. The summed E-state index contributed by atoms with van der Waals surface area (Å²) in [7, 11) is 0. The zero-order chi connectivity index (χ0) is 20.8. The number of carboxylic acids is 1. The highest BCUT2D eigenvalue weighted by molar-refractivity contribution is 5.68. The highest BCUT2D eigenvalue weighted by Gasteiger charge is 2.42. The fourth-order valence-corrected chi connectivity index (χ4v) is 3.17. The maximum Gasteiger partial charge on any atom is 0.329 e. The molecule has 0 radical (unpaired) electrons. The van der Waals surface area contributed by atoms with E-state index >= 15 is 0 Å². The molecule has 0 aromatic heterocycles. The van der Waals surface area contributed by atoms with Crippen LogP contribution in [0, 0.1) is 0 Å². The third kappa shape index (κ3) is 4.62. The minimum Gasteiger partial charge on any atom is -0.489 e. The maximum absolute atomic E-state index is 10.8. The van der Waals surface area contributed by atoms with Crippen LogP contribution >= 0.6 is 0 Å². The zero-order valence-electron chi connectivity index (χ0n) is 16.3. The second-order valence-corrected chi connectivity index (χ2v) is 7.01. The first-order valence-corrected chi connectivity index (χ1v) is 9.62. The van der Waals surface area contributed by atoms with Gasteiger partial charge in [-0.15, -0.1) is 0 Å². The number of carbonyl (C=O) groups is 1. The van der Waals surface area contributed by atoms with Crippen LogP contribution in [-0.2, 0) is 26.5 Å². The molecule has 30 heavy (non-hydrogen) atoms. The van der Waals surface area contributed by atoms with Gasteiger partial charge in [-0.3, -0.25) is 0 Å². The van der Waals surface area contributed by atoms with Gasteiger partial charge in [0.05, 0.1) is 13.2 Å². The van der Waals surface area contributed by atoms with Crippen molar-refractivity contribution >= 4 is 5.97 Å². The summed E-state index contributed by atoms with van der Waals surface area (Å²) in [4.78, 5) is 10.8. The van der Waals surface area contributed by atoms with E-state index in [2.05, 4.69) is 0 Å². The summed E-state index contributed by atoms with van der Waals surface area (Å²) in [6.45, 7) is 0.668. The lowest BCUT2D eigenvalue weighted by molar-refractivity contribution is -0.220. The lowest BCUT2D eigenvalue weighted by atomic mass is 9.91. The molecule has 0 unspecified atom stereocenters. The molecule has 0 bridgehead atoms. The summed E-state index contributed by atoms with van der Waals surface area (Å²) in [5, 5.41) is 8.89. The molecular formula is C24H22O6. The van der Waals surface area contributed by atoms with Crippen molar-refractivity contribution in [3.05, 3.63) is 90.0 Å². The van der Waals surface area contributed by atoms with Crippen molar-refractivity contribution in [3.63, 3.8) is 0 Å². The molecule has 0 spiro atoms. The molecule has 1 heterocycles. The van der Waals surface area contributed by atoms with E-state index in [9.17, 15) is 4.79 Å².